The molecule has 0 spiro atoms. The lowest BCUT2D eigenvalue weighted by Crippen LogP contribution is -2.47. The molecule has 0 radical (unpaired) electrons. The Kier molecular flexibility index (Phi) is 3.77. The Bertz CT molecular complexity index is 719. The molecule has 22 heavy (non-hydrogen) atoms. The maximum atomic E-state index is 9.14. The third kappa shape index (κ3) is 2.65. The number of nitriles is 1. The van der Waals surface area contributed by atoms with E-state index in [2.05, 4.69) is 31.0 Å². The largest absolute Gasteiger partial charge is 0.353 e. The van der Waals surface area contributed by atoms with Gasteiger partial charge in [0.2, 0.25) is 5.89 Å². The quantitative estimate of drug-likeness (QED) is 0.829. The normalized spacial score (nSPS) is 19.2. The van der Waals surface area contributed by atoms with Gasteiger partial charge in [-0.05, 0) is 32.5 Å². The summed E-state index contributed by atoms with van der Waals surface area (Å²) in [6.45, 7) is 6.13. The molecule has 2 aromatic heterocycles. The molecule has 1 saturated heterocycles. The third-order valence-corrected chi connectivity index (χ3v) is 3.99. The predicted molar refractivity (Wildman–Crippen MR) is 80.3 cm³/mol. The molecule has 3 rings (SSSR count). The van der Waals surface area contributed by atoms with Crippen LogP contribution < -0.4 is 4.90 Å². The minimum atomic E-state index is 0.0311. The van der Waals surface area contributed by atoms with Crippen LogP contribution in [0.2, 0.25) is 0 Å². The Labute approximate surface area is 129 Å². The zero-order valence-electron chi connectivity index (χ0n) is 12.9. The van der Waals surface area contributed by atoms with Gasteiger partial charge >= 0.3 is 0 Å². The lowest BCUT2D eigenvalue weighted by molar-refractivity contribution is 0.177. The van der Waals surface area contributed by atoms with E-state index in [1.54, 1.807) is 0 Å². The summed E-state index contributed by atoms with van der Waals surface area (Å²) in [7, 11) is 2.05. The van der Waals surface area contributed by atoms with Crippen LogP contribution in [-0.4, -0.2) is 46.7 Å². The number of piperazine rings is 1. The highest BCUT2D eigenvalue weighted by atomic mass is 16.5. The van der Waals surface area contributed by atoms with Crippen molar-refractivity contribution in [3.8, 4) is 6.07 Å². The van der Waals surface area contributed by atoms with Crippen molar-refractivity contribution in [2.24, 2.45) is 0 Å². The van der Waals surface area contributed by atoms with E-state index in [1.165, 1.54) is 0 Å². The highest BCUT2D eigenvalue weighted by Gasteiger charge is 2.30. The van der Waals surface area contributed by atoms with Crippen LogP contribution >= 0.6 is 0 Å². The van der Waals surface area contributed by atoms with Gasteiger partial charge in [0, 0.05) is 19.6 Å². The first kappa shape index (κ1) is 14.5. The van der Waals surface area contributed by atoms with E-state index in [4.69, 9.17) is 9.78 Å². The number of hydrogen-bond acceptors (Lipinski definition) is 7. The Balaban J connectivity index is 1.85. The molecule has 7 heteroatoms. The molecule has 0 aromatic carbocycles. The number of nitrogens with zero attached hydrogens (tertiary/aromatic N) is 6. The summed E-state index contributed by atoms with van der Waals surface area (Å²) in [4.78, 5) is 13.1. The van der Waals surface area contributed by atoms with Gasteiger partial charge in [-0.1, -0.05) is 11.2 Å². The highest BCUT2D eigenvalue weighted by molar-refractivity contribution is 5.45. The van der Waals surface area contributed by atoms with Gasteiger partial charge in [0.1, 0.15) is 23.6 Å². The van der Waals surface area contributed by atoms with Crippen LogP contribution in [0.5, 0.6) is 0 Å². The summed E-state index contributed by atoms with van der Waals surface area (Å²) in [5.74, 6) is 2.08. The van der Waals surface area contributed by atoms with Crippen molar-refractivity contribution in [3.05, 3.63) is 35.1 Å². The van der Waals surface area contributed by atoms with Crippen molar-refractivity contribution < 1.29 is 4.52 Å². The van der Waals surface area contributed by atoms with Crippen LogP contribution in [0.25, 0.3) is 0 Å². The lowest BCUT2D eigenvalue weighted by Gasteiger charge is -2.38. The SMILES string of the molecule is Cc1noc([C@H]2CN(c3ccc(C)c(C#N)n3)CCN2C)n1. The number of hydrogen-bond donors (Lipinski definition) is 0. The van der Waals surface area contributed by atoms with Crippen LogP contribution in [0.3, 0.4) is 0 Å². The number of aryl methyl sites for hydroxylation is 2. The van der Waals surface area contributed by atoms with Gasteiger partial charge in [-0.2, -0.15) is 10.2 Å². The van der Waals surface area contributed by atoms with Crippen molar-refractivity contribution in [1.29, 1.82) is 5.26 Å². The van der Waals surface area contributed by atoms with E-state index in [0.29, 0.717) is 24.0 Å². The van der Waals surface area contributed by atoms with Gasteiger partial charge in [0.15, 0.2) is 5.82 Å². The molecule has 2 aromatic rings. The second-order valence-corrected chi connectivity index (χ2v) is 5.57. The smallest absolute Gasteiger partial charge is 0.245 e. The summed E-state index contributed by atoms with van der Waals surface area (Å²) >= 11 is 0. The van der Waals surface area contributed by atoms with E-state index in [0.717, 1.165) is 24.5 Å². The average Bonchev–Trinajstić information content (AvgIpc) is 2.95. The van der Waals surface area contributed by atoms with E-state index in [-0.39, 0.29) is 6.04 Å². The van der Waals surface area contributed by atoms with Crippen molar-refractivity contribution in [3.63, 3.8) is 0 Å². The maximum absolute atomic E-state index is 9.14. The van der Waals surface area contributed by atoms with Crippen LogP contribution in [0.1, 0.15) is 29.0 Å². The van der Waals surface area contributed by atoms with E-state index < -0.39 is 0 Å². The van der Waals surface area contributed by atoms with Crippen molar-refractivity contribution >= 4 is 5.82 Å². The van der Waals surface area contributed by atoms with E-state index in [1.807, 2.05) is 33.0 Å². The van der Waals surface area contributed by atoms with Gasteiger partial charge in [0.05, 0.1) is 0 Å². The van der Waals surface area contributed by atoms with Gasteiger partial charge < -0.3 is 9.42 Å². The Morgan fingerprint density at radius 1 is 1.27 bits per heavy atom. The number of anilines is 1. The van der Waals surface area contributed by atoms with Crippen LogP contribution in [0, 0.1) is 25.2 Å². The standard InChI is InChI=1S/C15H18N6O/c1-10-4-5-14(18-12(10)8-16)21-7-6-20(3)13(9-21)15-17-11(2)19-22-15/h4-5,13H,6-7,9H2,1-3H3/t13-/m1/s1. The third-order valence-electron chi connectivity index (χ3n) is 3.99. The zero-order valence-corrected chi connectivity index (χ0v) is 12.9. The Morgan fingerprint density at radius 2 is 2.09 bits per heavy atom. The molecule has 0 amide bonds. The molecule has 0 N–H and O–H groups in total. The first-order chi connectivity index (χ1) is 10.6. The number of likely N-dealkylation sites (N-methyl/N-ethyl adjacent to an activating group) is 1. The fourth-order valence-corrected chi connectivity index (χ4v) is 2.60. The number of rotatable bonds is 2. The zero-order chi connectivity index (χ0) is 15.7. The summed E-state index contributed by atoms with van der Waals surface area (Å²) in [5.41, 5.74) is 1.37. The molecular weight excluding hydrogens is 280 g/mol. The Morgan fingerprint density at radius 3 is 2.77 bits per heavy atom. The number of aromatic nitrogens is 3. The minimum Gasteiger partial charge on any atom is -0.353 e. The molecule has 0 unspecified atom stereocenters. The molecule has 1 fully saturated rings. The summed E-state index contributed by atoms with van der Waals surface area (Å²) in [6, 6.07) is 6.06. The minimum absolute atomic E-state index is 0.0311. The molecule has 3 heterocycles. The Hall–Kier alpha value is -2.46. The van der Waals surface area contributed by atoms with Gasteiger partial charge in [0.25, 0.3) is 0 Å². The molecule has 0 saturated carbocycles. The number of pyridine rings is 1. The molecule has 0 aliphatic carbocycles. The first-order valence-corrected chi connectivity index (χ1v) is 7.21. The van der Waals surface area contributed by atoms with E-state index >= 15 is 0 Å². The molecule has 114 valence electrons. The van der Waals surface area contributed by atoms with Crippen molar-refractivity contribution in [1.82, 2.24) is 20.0 Å². The lowest BCUT2D eigenvalue weighted by atomic mass is 10.1. The van der Waals surface area contributed by atoms with Crippen molar-refractivity contribution in [2.45, 2.75) is 19.9 Å². The predicted octanol–water partition coefficient (Wildman–Crippen LogP) is 1.45. The molecule has 1 aliphatic heterocycles. The summed E-state index contributed by atoms with van der Waals surface area (Å²) in [5, 5.41) is 13.0. The summed E-state index contributed by atoms with van der Waals surface area (Å²) in [6.07, 6.45) is 0. The first-order valence-electron chi connectivity index (χ1n) is 7.21. The monoisotopic (exact) mass is 298 g/mol. The van der Waals surface area contributed by atoms with Crippen LogP contribution in [-0.2, 0) is 0 Å². The van der Waals surface area contributed by atoms with Gasteiger partial charge in [-0.25, -0.2) is 4.98 Å². The average molecular weight is 298 g/mol. The van der Waals surface area contributed by atoms with Gasteiger partial charge in [-0.15, -0.1) is 0 Å². The molecule has 1 aliphatic rings. The van der Waals surface area contributed by atoms with E-state index in [9.17, 15) is 0 Å². The highest BCUT2D eigenvalue weighted by Crippen LogP contribution is 2.26. The fraction of sp³-hybridized carbons (Fsp3) is 0.467. The maximum Gasteiger partial charge on any atom is 0.245 e. The summed E-state index contributed by atoms with van der Waals surface area (Å²) < 4.78 is 5.32. The molecule has 7 nitrogen and oxygen atoms in total. The van der Waals surface area contributed by atoms with Gasteiger partial charge in [-0.3, -0.25) is 4.90 Å². The molecule has 1 atom stereocenters. The van der Waals surface area contributed by atoms with Crippen molar-refractivity contribution in [2.75, 3.05) is 31.6 Å². The fourth-order valence-electron chi connectivity index (χ4n) is 2.60. The second-order valence-electron chi connectivity index (χ2n) is 5.57. The van der Waals surface area contributed by atoms with Crippen LogP contribution in [0.15, 0.2) is 16.7 Å². The topological polar surface area (TPSA) is 82.1 Å². The molecular formula is C15H18N6O. The molecule has 0 bridgehead atoms. The second kappa shape index (κ2) is 5.73. The van der Waals surface area contributed by atoms with Crippen LogP contribution in [0.4, 0.5) is 5.82 Å².